The van der Waals surface area contributed by atoms with Gasteiger partial charge in [0.05, 0.1) is 6.54 Å². The lowest BCUT2D eigenvalue weighted by atomic mass is 10.1. The molecule has 0 aliphatic heterocycles. The van der Waals surface area contributed by atoms with Crippen LogP contribution in [0.5, 0.6) is 0 Å². The predicted molar refractivity (Wildman–Crippen MR) is 48.8 cm³/mol. The fourth-order valence-electron chi connectivity index (χ4n) is 1.15. The van der Waals surface area contributed by atoms with Crippen LogP contribution in [0.1, 0.15) is 12.5 Å². The van der Waals surface area contributed by atoms with Crippen molar-refractivity contribution < 1.29 is 17.6 Å². The molecule has 0 aliphatic rings. The Labute approximate surface area is 85.1 Å². The fourth-order valence-corrected chi connectivity index (χ4v) is 1.15. The number of alkyl halides is 2. The zero-order chi connectivity index (χ0) is 11.5. The molecule has 0 atom stereocenters. The van der Waals surface area contributed by atoms with Gasteiger partial charge in [0.1, 0.15) is 11.6 Å². The van der Waals surface area contributed by atoms with E-state index in [4.69, 9.17) is 0 Å². The zero-order valence-electron chi connectivity index (χ0n) is 8.16. The molecule has 0 saturated heterocycles. The van der Waals surface area contributed by atoms with Crippen molar-refractivity contribution in [3.05, 3.63) is 35.4 Å². The molecule has 1 N–H and O–H groups in total. The quantitative estimate of drug-likeness (QED) is 0.771. The van der Waals surface area contributed by atoms with Gasteiger partial charge < -0.3 is 5.32 Å². The summed E-state index contributed by atoms with van der Waals surface area (Å²) in [4.78, 5) is 0. The van der Waals surface area contributed by atoms with Crippen LogP contribution < -0.4 is 5.32 Å². The summed E-state index contributed by atoms with van der Waals surface area (Å²) in [5, 5.41) is 2.43. The Morgan fingerprint density at radius 3 is 2.13 bits per heavy atom. The molecule has 0 fully saturated rings. The molecule has 1 aromatic rings. The lowest BCUT2D eigenvalue weighted by Crippen LogP contribution is -2.30. The maximum atomic E-state index is 13.3. The summed E-state index contributed by atoms with van der Waals surface area (Å²) in [6.45, 7) is 1.40. The molecular weight excluding hydrogens is 210 g/mol. The van der Waals surface area contributed by atoms with Gasteiger partial charge in [-0.1, -0.05) is 6.92 Å². The van der Waals surface area contributed by atoms with Gasteiger partial charge in [-0.05, 0) is 18.7 Å². The smallest absolute Gasteiger partial charge is 0.285 e. The van der Waals surface area contributed by atoms with Crippen LogP contribution in [0.3, 0.4) is 0 Å². The molecule has 0 aromatic heterocycles. The van der Waals surface area contributed by atoms with E-state index in [0.717, 1.165) is 0 Å². The molecule has 1 rings (SSSR count). The van der Waals surface area contributed by atoms with Crippen molar-refractivity contribution in [3.63, 3.8) is 0 Å². The van der Waals surface area contributed by atoms with E-state index in [-0.39, 0.29) is 0 Å². The van der Waals surface area contributed by atoms with E-state index in [1.54, 1.807) is 6.92 Å². The topological polar surface area (TPSA) is 12.0 Å². The van der Waals surface area contributed by atoms with Crippen molar-refractivity contribution in [2.45, 2.75) is 12.8 Å². The van der Waals surface area contributed by atoms with Crippen molar-refractivity contribution in [1.82, 2.24) is 5.32 Å². The largest absolute Gasteiger partial charge is 0.311 e. The van der Waals surface area contributed by atoms with Crippen LogP contribution in [0.25, 0.3) is 0 Å². The maximum absolute atomic E-state index is 13.3. The SMILES string of the molecule is CCNCC(F)(F)c1cc(F)cc(F)c1. The second-order valence-corrected chi connectivity index (χ2v) is 3.14. The molecule has 0 saturated carbocycles. The molecule has 15 heavy (non-hydrogen) atoms. The van der Waals surface area contributed by atoms with Gasteiger partial charge in [-0.3, -0.25) is 0 Å². The van der Waals surface area contributed by atoms with Crippen molar-refractivity contribution >= 4 is 0 Å². The Bertz CT molecular complexity index is 318. The Morgan fingerprint density at radius 1 is 1.13 bits per heavy atom. The first-order chi connectivity index (χ1) is 6.95. The second kappa shape index (κ2) is 4.61. The van der Waals surface area contributed by atoms with Crippen molar-refractivity contribution in [1.29, 1.82) is 0 Å². The number of halogens is 4. The highest BCUT2D eigenvalue weighted by Gasteiger charge is 2.31. The monoisotopic (exact) mass is 221 g/mol. The summed E-state index contributed by atoms with van der Waals surface area (Å²) < 4.78 is 52.0. The number of hydrogen-bond donors (Lipinski definition) is 1. The minimum absolute atomic E-state index is 0.368. The van der Waals surface area contributed by atoms with E-state index in [1.165, 1.54) is 0 Å². The van der Waals surface area contributed by atoms with E-state index < -0.39 is 29.7 Å². The Morgan fingerprint density at radius 2 is 1.67 bits per heavy atom. The summed E-state index contributed by atoms with van der Waals surface area (Å²) in [6.07, 6.45) is 0. The van der Waals surface area contributed by atoms with Crippen LogP contribution >= 0.6 is 0 Å². The fraction of sp³-hybridized carbons (Fsp3) is 0.400. The Kier molecular flexibility index (Phi) is 3.68. The first-order valence-electron chi connectivity index (χ1n) is 4.51. The van der Waals surface area contributed by atoms with Gasteiger partial charge >= 0.3 is 0 Å². The van der Waals surface area contributed by atoms with Gasteiger partial charge in [-0.25, -0.2) is 8.78 Å². The Hall–Kier alpha value is -1.10. The summed E-state index contributed by atoms with van der Waals surface area (Å²) in [5.74, 6) is -5.26. The third-order valence-corrected chi connectivity index (χ3v) is 1.88. The molecule has 1 nitrogen and oxygen atoms in total. The minimum Gasteiger partial charge on any atom is -0.311 e. The molecule has 0 amide bonds. The van der Waals surface area contributed by atoms with Crippen LogP contribution in [0, 0.1) is 11.6 Å². The zero-order valence-corrected chi connectivity index (χ0v) is 8.16. The molecule has 0 spiro atoms. The van der Waals surface area contributed by atoms with Crippen LogP contribution in [0.15, 0.2) is 18.2 Å². The van der Waals surface area contributed by atoms with Gasteiger partial charge in [0.15, 0.2) is 0 Å². The van der Waals surface area contributed by atoms with Crippen molar-refractivity contribution in [2.24, 2.45) is 0 Å². The maximum Gasteiger partial charge on any atom is 0.285 e. The van der Waals surface area contributed by atoms with Gasteiger partial charge in [0.2, 0.25) is 0 Å². The molecule has 0 unspecified atom stereocenters. The average Bonchev–Trinajstić information content (AvgIpc) is 2.13. The van der Waals surface area contributed by atoms with Gasteiger partial charge in [-0.15, -0.1) is 0 Å². The molecule has 0 aliphatic carbocycles. The predicted octanol–water partition coefficient (Wildman–Crippen LogP) is 2.67. The summed E-state index contributed by atoms with van der Waals surface area (Å²) >= 11 is 0. The van der Waals surface area contributed by atoms with Gasteiger partial charge in [0.25, 0.3) is 5.92 Å². The highest BCUT2D eigenvalue weighted by atomic mass is 19.3. The molecule has 0 bridgehead atoms. The normalized spacial score (nSPS) is 11.8. The van der Waals surface area contributed by atoms with Crippen LogP contribution in [-0.2, 0) is 5.92 Å². The highest BCUT2D eigenvalue weighted by Crippen LogP contribution is 2.28. The molecule has 0 heterocycles. The van der Waals surface area contributed by atoms with E-state index in [9.17, 15) is 17.6 Å². The van der Waals surface area contributed by atoms with Gasteiger partial charge in [-0.2, -0.15) is 8.78 Å². The number of benzene rings is 1. The molecule has 0 radical (unpaired) electrons. The summed E-state index contributed by atoms with van der Waals surface area (Å²) in [5.41, 5.74) is -0.652. The van der Waals surface area contributed by atoms with E-state index in [1.807, 2.05) is 0 Å². The number of rotatable bonds is 4. The van der Waals surface area contributed by atoms with E-state index in [0.29, 0.717) is 24.7 Å². The number of nitrogens with one attached hydrogen (secondary N) is 1. The summed E-state index contributed by atoms with van der Waals surface area (Å²) in [7, 11) is 0. The van der Waals surface area contributed by atoms with Crippen LogP contribution in [-0.4, -0.2) is 13.1 Å². The minimum atomic E-state index is -3.26. The third kappa shape index (κ3) is 3.20. The van der Waals surface area contributed by atoms with Crippen molar-refractivity contribution in [3.8, 4) is 0 Å². The van der Waals surface area contributed by atoms with Crippen LogP contribution in [0.2, 0.25) is 0 Å². The lowest BCUT2D eigenvalue weighted by molar-refractivity contribution is -0.00320. The Balaban J connectivity index is 2.93. The number of likely N-dealkylation sites (N-methyl/N-ethyl adjacent to an activating group) is 1. The average molecular weight is 221 g/mol. The highest BCUT2D eigenvalue weighted by molar-refractivity contribution is 5.22. The van der Waals surface area contributed by atoms with E-state index in [2.05, 4.69) is 5.32 Å². The first kappa shape index (κ1) is 12.0. The second-order valence-electron chi connectivity index (χ2n) is 3.14. The van der Waals surface area contributed by atoms with E-state index >= 15 is 0 Å². The van der Waals surface area contributed by atoms with Gasteiger partial charge in [0, 0.05) is 11.6 Å². The lowest BCUT2D eigenvalue weighted by Gasteiger charge is -2.17. The first-order valence-corrected chi connectivity index (χ1v) is 4.51. The molecule has 5 heteroatoms. The molecule has 1 aromatic carbocycles. The third-order valence-electron chi connectivity index (χ3n) is 1.88. The molecule has 84 valence electrons. The number of hydrogen-bond acceptors (Lipinski definition) is 1. The van der Waals surface area contributed by atoms with Crippen LogP contribution in [0.4, 0.5) is 17.6 Å². The molecular formula is C10H11F4N. The van der Waals surface area contributed by atoms with Crippen molar-refractivity contribution in [2.75, 3.05) is 13.1 Å². The summed E-state index contributed by atoms with van der Waals surface area (Å²) in [6, 6.07) is 1.84. The standard InChI is InChI=1S/C10H11F4N/c1-2-15-6-10(13,14)7-3-8(11)5-9(12)4-7/h3-5,15H,2,6H2,1H3.